The van der Waals surface area contributed by atoms with Crippen LogP contribution in [0.5, 0.6) is 5.75 Å². The number of anilines is 1. The lowest BCUT2D eigenvalue weighted by Crippen LogP contribution is -2.37. The number of carbonyl (C=O) groups excluding carboxylic acids is 1. The second-order valence-corrected chi connectivity index (χ2v) is 5.17. The third kappa shape index (κ3) is 3.09. The quantitative estimate of drug-likeness (QED) is 0.913. The fraction of sp³-hybridized carbons (Fsp3) is 0.250. The smallest absolute Gasteiger partial charge is 0.258 e. The van der Waals surface area contributed by atoms with E-state index in [-0.39, 0.29) is 19.1 Å². The van der Waals surface area contributed by atoms with Crippen molar-refractivity contribution in [2.24, 2.45) is 5.73 Å². The zero-order valence-corrected chi connectivity index (χ0v) is 12.4. The Labute approximate surface area is 132 Å². The van der Waals surface area contributed by atoms with Gasteiger partial charge in [-0.05, 0) is 30.2 Å². The maximum atomic E-state index is 12.5. The van der Waals surface area contributed by atoms with Gasteiger partial charge in [-0.15, -0.1) is 0 Å². The van der Waals surface area contributed by atoms with Gasteiger partial charge in [0.2, 0.25) is 0 Å². The second-order valence-electron chi connectivity index (χ2n) is 5.17. The van der Waals surface area contributed by atoms with Gasteiger partial charge in [-0.2, -0.15) is 0 Å². The van der Waals surface area contributed by atoms with E-state index in [1.165, 1.54) is 12.5 Å². The van der Waals surface area contributed by atoms with Gasteiger partial charge in [0, 0.05) is 24.2 Å². The van der Waals surface area contributed by atoms with Crippen LogP contribution in [0.3, 0.4) is 0 Å². The summed E-state index contributed by atoms with van der Waals surface area (Å²) in [6.45, 7) is 0.731. The Morgan fingerprint density at radius 1 is 1.52 bits per heavy atom. The number of halogens is 1. The average molecular weight is 317 g/mol. The first kappa shape index (κ1) is 15.2. The van der Waals surface area contributed by atoms with Crippen LogP contribution in [0.25, 0.3) is 0 Å². The molecule has 1 amide bonds. The topological polar surface area (TPSA) is 81.6 Å². The predicted molar refractivity (Wildman–Crippen MR) is 82.1 cm³/mol. The van der Waals surface area contributed by atoms with E-state index in [0.717, 1.165) is 5.56 Å². The van der Waals surface area contributed by atoms with Gasteiger partial charge in [-0.3, -0.25) is 4.79 Å². The van der Waals surface area contributed by atoms with Crippen molar-refractivity contribution < 1.29 is 18.4 Å². The number of nitrogens with two attached hydrogens (primary N) is 1. The van der Waals surface area contributed by atoms with Gasteiger partial charge in [0.1, 0.15) is 24.3 Å². The lowest BCUT2D eigenvalue weighted by molar-refractivity contribution is 0.0980. The molecule has 1 aromatic heterocycles. The first-order valence-electron chi connectivity index (χ1n) is 7.18. The number of amides is 1. The molecule has 3 rings (SSSR count). The van der Waals surface area contributed by atoms with E-state index >= 15 is 0 Å². The number of rotatable bonds is 5. The summed E-state index contributed by atoms with van der Waals surface area (Å²) >= 11 is 0. The maximum Gasteiger partial charge on any atom is 0.258 e. The highest BCUT2D eigenvalue weighted by molar-refractivity contribution is 6.08. The summed E-state index contributed by atoms with van der Waals surface area (Å²) in [6, 6.07) is 5.22. The second kappa shape index (κ2) is 6.62. The van der Waals surface area contributed by atoms with E-state index in [2.05, 4.69) is 5.16 Å². The highest BCUT2D eigenvalue weighted by atomic mass is 19.1. The molecule has 23 heavy (non-hydrogen) atoms. The number of hydrogen-bond acceptors (Lipinski definition) is 5. The monoisotopic (exact) mass is 317 g/mol. The molecule has 2 N–H and O–H groups in total. The highest BCUT2D eigenvalue weighted by Crippen LogP contribution is 2.27. The minimum Gasteiger partial charge on any atom is -0.489 e. The van der Waals surface area contributed by atoms with Crippen LogP contribution < -0.4 is 15.4 Å². The lowest BCUT2D eigenvalue weighted by atomic mass is 9.98. The van der Waals surface area contributed by atoms with E-state index in [0.29, 0.717) is 41.9 Å². The summed E-state index contributed by atoms with van der Waals surface area (Å²) in [4.78, 5) is 14.1. The first-order chi connectivity index (χ1) is 11.2. The number of nitrogens with zero attached hydrogens (tertiary/aromatic N) is 2. The van der Waals surface area contributed by atoms with Crippen LogP contribution in [0.2, 0.25) is 0 Å². The minimum absolute atomic E-state index is 0.0898. The molecule has 1 aliphatic rings. The average Bonchev–Trinajstić information content (AvgIpc) is 3.10. The summed E-state index contributed by atoms with van der Waals surface area (Å²) < 4.78 is 22.8. The Hall–Kier alpha value is -2.67. The number of fused-ring (bicyclic) bond motifs is 1. The van der Waals surface area contributed by atoms with Crippen LogP contribution in [0.1, 0.15) is 15.9 Å². The molecule has 2 heterocycles. The molecule has 7 heteroatoms. The van der Waals surface area contributed by atoms with Gasteiger partial charge in [0.05, 0.1) is 12.5 Å². The summed E-state index contributed by atoms with van der Waals surface area (Å²) in [7, 11) is 0. The molecule has 0 radical (unpaired) electrons. The first-order valence-corrected chi connectivity index (χ1v) is 7.18. The Kier molecular flexibility index (Phi) is 4.38. The molecule has 1 aromatic carbocycles. The fourth-order valence-electron chi connectivity index (χ4n) is 2.44. The molecule has 0 fully saturated rings. The van der Waals surface area contributed by atoms with Crippen LogP contribution in [-0.4, -0.2) is 30.8 Å². The van der Waals surface area contributed by atoms with Crippen molar-refractivity contribution in [3.05, 3.63) is 53.7 Å². The Balaban J connectivity index is 1.76. The number of carbonyl (C=O) groups is 1. The Morgan fingerprint density at radius 3 is 3.09 bits per heavy atom. The molecule has 0 saturated heterocycles. The largest absolute Gasteiger partial charge is 0.489 e. The van der Waals surface area contributed by atoms with Gasteiger partial charge in [-0.1, -0.05) is 5.16 Å². The van der Waals surface area contributed by atoms with Crippen molar-refractivity contribution in [2.45, 2.75) is 6.42 Å². The van der Waals surface area contributed by atoms with Crippen LogP contribution in [0.4, 0.5) is 10.1 Å². The number of aromatic nitrogens is 1. The molecule has 0 atom stereocenters. The molecule has 0 unspecified atom stereocenters. The van der Waals surface area contributed by atoms with Crippen LogP contribution >= 0.6 is 0 Å². The standard InChI is InChI=1S/C16H16FN3O3/c17-6-11(7-18)9-22-14-1-2-15-12(5-14)3-4-20(16(15)21)13-8-19-23-10-13/h1-2,5-6,8,10H,3-4,7,9,18H2/b11-6+. The van der Waals surface area contributed by atoms with Gasteiger partial charge < -0.3 is 19.9 Å². The molecular formula is C16H16FN3O3. The number of benzene rings is 1. The van der Waals surface area contributed by atoms with Crippen molar-refractivity contribution in [1.82, 2.24) is 5.16 Å². The lowest BCUT2D eigenvalue weighted by Gasteiger charge is -2.27. The summed E-state index contributed by atoms with van der Waals surface area (Å²) in [5, 5.41) is 3.62. The van der Waals surface area contributed by atoms with Crippen molar-refractivity contribution >= 4 is 11.6 Å². The molecule has 6 nitrogen and oxygen atoms in total. The van der Waals surface area contributed by atoms with Crippen LogP contribution in [-0.2, 0) is 6.42 Å². The fourth-order valence-corrected chi connectivity index (χ4v) is 2.44. The van der Waals surface area contributed by atoms with Gasteiger partial charge in [0.15, 0.2) is 0 Å². The van der Waals surface area contributed by atoms with Gasteiger partial charge >= 0.3 is 0 Å². The highest BCUT2D eigenvalue weighted by Gasteiger charge is 2.26. The van der Waals surface area contributed by atoms with E-state index < -0.39 is 0 Å². The number of hydrogen-bond donors (Lipinski definition) is 1. The van der Waals surface area contributed by atoms with Crippen molar-refractivity contribution in [1.29, 1.82) is 0 Å². The Morgan fingerprint density at radius 2 is 2.39 bits per heavy atom. The number of ether oxygens (including phenoxy) is 1. The SMILES string of the molecule is NC/C(=C\F)COc1ccc2c(c1)CCN(c1cnoc1)C2=O. The summed E-state index contributed by atoms with van der Waals surface area (Å²) in [5.41, 5.74) is 7.92. The van der Waals surface area contributed by atoms with E-state index in [9.17, 15) is 9.18 Å². The van der Waals surface area contributed by atoms with E-state index in [1.54, 1.807) is 17.0 Å². The van der Waals surface area contributed by atoms with E-state index in [4.69, 9.17) is 15.0 Å². The predicted octanol–water partition coefficient (Wildman–Crippen LogP) is 2.07. The van der Waals surface area contributed by atoms with Gasteiger partial charge in [0.25, 0.3) is 5.91 Å². The normalized spacial score (nSPS) is 14.8. The van der Waals surface area contributed by atoms with Crippen LogP contribution in [0, 0.1) is 0 Å². The molecule has 0 aliphatic carbocycles. The van der Waals surface area contributed by atoms with Crippen molar-refractivity contribution in [3.8, 4) is 5.75 Å². The molecule has 0 saturated carbocycles. The summed E-state index contributed by atoms with van der Waals surface area (Å²) in [6.07, 6.45) is 4.10. The van der Waals surface area contributed by atoms with Gasteiger partial charge in [-0.25, -0.2) is 4.39 Å². The molecule has 120 valence electrons. The minimum atomic E-state index is -0.104. The summed E-state index contributed by atoms with van der Waals surface area (Å²) in [5.74, 6) is 0.482. The molecule has 1 aliphatic heterocycles. The van der Waals surface area contributed by atoms with E-state index in [1.807, 2.05) is 6.07 Å². The molecule has 2 aromatic rings. The molecule has 0 spiro atoms. The third-order valence-electron chi connectivity index (χ3n) is 3.73. The zero-order valence-electron chi connectivity index (χ0n) is 12.4. The van der Waals surface area contributed by atoms with Crippen molar-refractivity contribution in [3.63, 3.8) is 0 Å². The zero-order chi connectivity index (χ0) is 16.2. The Bertz CT molecular complexity index is 728. The third-order valence-corrected chi connectivity index (χ3v) is 3.73. The molecule has 0 bridgehead atoms. The van der Waals surface area contributed by atoms with Crippen LogP contribution in [0.15, 0.2) is 47.1 Å². The van der Waals surface area contributed by atoms with Crippen molar-refractivity contribution in [2.75, 3.05) is 24.6 Å². The molecular weight excluding hydrogens is 301 g/mol. The maximum absolute atomic E-state index is 12.5.